The highest BCUT2D eigenvalue weighted by Gasteiger charge is 2.30. The maximum Gasteiger partial charge on any atom is 0.349 e. The van der Waals surface area contributed by atoms with E-state index >= 15 is 0 Å². The number of hydrogen-bond acceptors (Lipinski definition) is 5. The summed E-state index contributed by atoms with van der Waals surface area (Å²) in [5.41, 5.74) is 5.04. The number of ether oxygens (including phenoxy) is 2. The number of anilines is 1. The van der Waals surface area contributed by atoms with Crippen molar-refractivity contribution in [2.75, 3.05) is 26.1 Å². The van der Waals surface area contributed by atoms with Crippen LogP contribution in [0.2, 0.25) is 0 Å². The average Bonchev–Trinajstić information content (AvgIpc) is 2.65. The number of methoxy groups -OCH3 is 1. The molecule has 0 saturated carbocycles. The van der Waals surface area contributed by atoms with Gasteiger partial charge in [0.05, 0.1) is 19.3 Å². The van der Waals surface area contributed by atoms with Crippen LogP contribution in [0.4, 0.5) is 5.82 Å². The molecule has 2 heterocycles. The van der Waals surface area contributed by atoms with E-state index in [4.69, 9.17) is 15.2 Å². The van der Waals surface area contributed by atoms with Gasteiger partial charge in [-0.15, -0.1) is 0 Å². The van der Waals surface area contributed by atoms with E-state index in [1.54, 1.807) is 19.4 Å². The first-order chi connectivity index (χ1) is 7.22. The Morgan fingerprint density at radius 3 is 3.13 bits per heavy atom. The normalized spacial score (nSPS) is 25.7. The first-order valence-corrected chi connectivity index (χ1v) is 4.67. The van der Waals surface area contributed by atoms with Gasteiger partial charge < -0.3 is 15.2 Å². The van der Waals surface area contributed by atoms with Crippen molar-refractivity contribution in [1.82, 2.24) is 9.55 Å². The fraction of sp³-hybridized carbons (Fsp3) is 0.556. The SMILES string of the molecule is COC1COCC1n1ccc(N)nc1=O. The molecule has 2 atom stereocenters. The van der Waals surface area contributed by atoms with Crippen molar-refractivity contribution in [1.29, 1.82) is 0 Å². The van der Waals surface area contributed by atoms with Crippen LogP contribution in [0.25, 0.3) is 0 Å². The molecule has 6 heteroatoms. The van der Waals surface area contributed by atoms with Gasteiger partial charge in [-0.05, 0) is 6.07 Å². The summed E-state index contributed by atoms with van der Waals surface area (Å²) in [4.78, 5) is 15.2. The fourth-order valence-corrected chi connectivity index (χ4v) is 1.69. The lowest BCUT2D eigenvalue weighted by atomic mass is 10.2. The van der Waals surface area contributed by atoms with Crippen molar-refractivity contribution >= 4 is 5.82 Å². The van der Waals surface area contributed by atoms with Crippen molar-refractivity contribution in [3.05, 3.63) is 22.7 Å². The molecule has 0 radical (unpaired) electrons. The highest BCUT2D eigenvalue weighted by atomic mass is 16.5. The third-order valence-electron chi connectivity index (χ3n) is 2.51. The van der Waals surface area contributed by atoms with Crippen LogP contribution in [-0.2, 0) is 9.47 Å². The van der Waals surface area contributed by atoms with Crippen LogP contribution in [0.5, 0.6) is 0 Å². The highest BCUT2D eigenvalue weighted by molar-refractivity contribution is 5.23. The zero-order valence-electron chi connectivity index (χ0n) is 8.42. The Labute approximate surface area is 86.6 Å². The summed E-state index contributed by atoms with van der Waals surface area (Å²) in [7, 11) is 1.60. The molecule has 1 aliphatic rings. The van der Waals surface area contributed by atoms with Crippen molar-refractivity contribution in [3.8, 4) is 0 Å². The van der Waals surface area contributed by atoms with Crippen LogP contribution in [0.15, 0.2) is 17.1 Å². The van der Waals surface area contributed by atoms with Gasteiger partial charge in [-0.2, -0.15) is 4.98 Å². The molecular weight excluding hydrogens is 198 g/mol. The molecule has 2 rings (SSSR count). The first kappa shape index (κ1) is 10.1. The van der Waals surface area contributed by atoms with E-state index in [1.165, 1.54) is 4.57 Å². The van der Waals surface area contributed by atoms with Gasteiger partial charge >= 0.3 is 5.69 Å². The molecule has 0 aliphatic carbocycles. The van der Waals surface area contributed by atoms with Gasteiger partial charge in [-0.3, -0.25) is 4.57 Å². The maximum atomic E-state index is 11.5. The van der Waals surface area contributed by atoms with E-state index in [2.05, 4.69) is 4.98 Å². The molecule has 1 fully saturated rings. The van der Waals surface area contributed by atoms with Gasteiger partial charge in [0, 0.05) is 13.3 Å². The minimum atomic E-state index is -0.368. The highest BCUT2D eigenvalue weighted by Crippen LogP contribution is 2.20. The average molecular weight is 211 g/mol. The molecule has 0 amide bonds. The second kappa shape index (κ2) is 4.00. The fourth-order valence-electron chi connectivity index (χ4n) is 1.69. The Balaban J connectivity index is 2.33. The molecule has 2 unspecified atom stereocenters. The lowest BCUT2D eigenvalue weighted by molar-refractivity contribution is 0.0678. The lowest BCUT2D eigenvalue weighted by Gasteiger charge is -2.17. The smallest absolute Gasteiger partial charge is 0.349 e. The van der Waals surface area contributed by atoms with Crippen molar-refractivity contribution in [2.24, 2.45) is 0 Å². The Kier molecular flexibility index (Phi) is 2.70. The van der Waals surface area contributed by atoms with E-state index in [9.17, 15) is 4.79 Å². The molecule has 15 heavy (non-hydrogen) atoms. The Bertz CT molecular complexity index is 404. The van der Waals surface area contributed by atoms with Crippen molar-refractivity contribution < 1.29 is 9.47 Å². The minimum Gasteiger partial charge on any atom is -0.383 e. The van der Waals surface area contributed by atoms with Gasteiger partial charge in [0.1, 0.15) is 11.9 Å². The molecule has 1 aromatic rings. The molecular formula is C9H13N3O3. The zero-order chi connectivity index (χ0) is 10.8. The quantitative estimate of drug-likeness (QED) is 0.707. The van der Waals surface area contributed by atoms with Crippen LogP contribution in [0, 0.1) is 0 Å². The van der Waals surface area contributed by atoms with Crippen molar-refractivity contribution in [3.63, 3.8) is 0 Å². The van der Waals surface area contributed by atoms with E-state index in [1.807, 2.05) is 0 Å². The molecule has 1 saturated heterocycles. The molecule has 6 nitrogen and oxygen atoms in total. The number of nitrogens with two attached hydrogens (primary N) is 1. The monoisotopic (exact) mass is 211 g/mol. The van der Waals surface area contributed by atoms with Crippen LogP contribution in [0.1, 0.15) is 6.04 Å². The van der Waals surface area contributed by atoms with E-state index in [-0.39, 0.29) is 23.7 Å². The molecule has 0 aromatic carbocycles. The van der Waals surface area contributed by atoms with Crippen LogP contribution in [0.3, 0.4) is 0 Å². The third kappa shape index (κ3) is 1.86. The Morgan fingerprint density at radius 1 is 1.67 bits per heavy atom. The lowest BCUT2D eigenvalue weighted by Crippen LogP contribution is -2.33. The predicted octanol–water partition coefficient (Wildman–Crippen LogP) is -0.588. The Morgan fingerprint density at radius 2 is 2.47 bits per heavy atom. The van der Waals surface area contributed by atoms with E-state index in [0.717, 1.165) is 0 Å². The van der Waals surface area contributed by atoms with Crippen LogP contribution >= 0.6 is 0 Å². The maximum absolute atomic E-state index is 11.5. The third-order valence-corrected chi connectivity index (χ3v) is 2.51. The van der Waals surface area contributed by atoms with Gasteiger partial charge in [0.2, 0.25) is 0 Å². The summed E-state index contributed by atoms with van der Waals surface area (Å²) < 4.78 is 12.0. The zero-order valence-corrected chi connectivity index (χ0v) is 8.42. The second-order valence-corrected chi connectivity index (χ2v) is 3.42. The summed E-state index contributed by atoms with van der Waals surface area (Å²) in [6.07, 6.45) is 1.52. The van der Waals surface area contributed by atoms with Crippen LogP contribution < -0.4 is 11.4 Å². The number of nitrogens with zero attached hydrogens (tertiary/aromatic N) is 2. The summed E-state index contributed by atoms with van der Waals surface area (Å²) >= 11 is 0. The summed E-state index contributed by atoms with van der Waals surface area (Å²) in [5.74, 6) is 0.226. The molecule has 0 spiro atoms. The summed E-state index contributed by atoms with van der Waals surface area (Å²) in [5, 5.41) is 0. The summed E-state index contributed by atoms with van der Waals surface area (Å²) in [6.45, 7) is 0.960. The van der Waals surface area contributed by atoms with Crippen molar-refractivity contribution in [2.45, 2.75) is 12.1 Å². The predicted molar refractivity (Wildman–Crippen MR) is 53.6 cm³/mol. The largest absolute Gasteiger partial charge is 0.383 e. The molecule has 82 valence electrons. The van der Waals surface area contributed by atoms with E-state index in [0.29, 0.717) is 13.2 Å². The van der Waals surface area contributed by atoms with Gasteiger partial charge in [-0.25, -0.2) is 4.79 Å². The number of aromatic nitrogens is 2. The minimum absolute atomic E-state index is 0.104. The van der Waals surface area contributed by atoms with Gasteiger partial charge in [0.25, 0.3) is 0 Å². The molecule has 2 N–H and O–H groups in total. The van der Waals surface area contributed by atoms with Gasteiger partial charge in [0.15, 0.2) is 0 Å². The topological polar surface area (TPSA) is 79.4 Å². The number of rotatable bonds is 2. The number of hydrogen-bond donors (Lipinski definition) is 1. The Hall–Kier alpha value is -1.40. The summed E-state index contributed by atoms with van der Waals surface area (Å²) in [6, 6.07) is 1.47. The standard InChI is InChI=1S/C9H13N3O3/c1-14-7-5-15-4-6(7)12-3-2-8(10)11-9(12)13/h2-3,6-7H,4-5H2,1H3,(H2,10,11,13). The molecule has 0 bridgehead atoms. The second-order valence-electron chi connectivity index (χ2n) is 3.42. The molecule has 1 aromatic heterocycles. The van der Waals surface area contributed by atoms with Gasteiger partial charge in [-0.1, -0.05) is 0 Å². The van der Waals surface area contributed by atoms with E-state index < -0.39 is 0 Å². The first-order valence-electron chi connectivity index (χ1n) is 4.67. The van der Waals surface area contributed by atoms with Crippen LogP contribution in [-0.4, -0.2) is 36.0 Å². The molecule has 1 aliphatic heterocycles. The number of nitrogen functional groups attached to an aromatic ring is 1.